The summed E-state index contributed by atoms with van der Waals surface area (Å²) < 4.78 is 36.0. The van der Waals surface area contributed by atoms with Crippen molar-refractivity contribution in [1.82, 2.24) is 13.2 Å². The highest BCUT2D eigenvalue weighted by molar-refractivity contribution is 7.26. The van der Waals surface area contributed by atoms with Crippen LogP contribution in [0.5, 0.6) is 0 Å². The Morgan fingerprint density at radius 2 is 0.752 bits per heavy atom. The molecule has 27 rings (SSSR count). The van der Waals surface area contributed by atoms with Crippen LogP contribution in [0, 0.1) is 0 Å². The summed E-state index contributed by atoms with van der Waals surface area (Å²) >= 11 is 5.64. The van der Waals surface area contributed by atoms with Gasteiger partial charge in [0.1, 0.15) is 33.5 Å². The zero-order valence-electron chi connectivity index (χ0n) is 55.4. The van der Waals surface area contributed by atoms with Crippen LogP contribution in [0.1, 0.15) is 0 Å². The van der Waals surface area contributed by atoms with E-state index in [-0.39, 0.29) is 0 Å². The van der Waals surface area contributed by atoms with Crippen molar-refractivity contribution in [2.24, 2.45) is 0 Å². The summed E-state index contributed by atoms with van der Waals surface area (Å²) in [7, 11) is 0. The number of nitrogens with zero attached hydrogens (tertiary/aromatic N) is 3. The minimum Gasteiger partial charge on any atom is -0.456 e. The van der Waals surface area contributed by atoms with Gasteiger partial charge in [0.05, 0.1) is 43.9 Å². The molecule has 0 fully saturated rings. The van der Waals surface area contributed by atoms with Crippen molar-refractivity contribution in [2.45, 2.75) is 0 Å². The van der Waals surface area contributed by atoms with E-state index >= 15 is 0 Å². The predicted octanol–water partition coefficient (Wildman–Crippen LogP) is 29.0. The van der Waals surface area contributed by atoms with Crippen LogP contribution in [0.3, 0.4) is 0 Å². The molecular formula is C96H47N3O3S3. The van der Waals surface area contributed by atoms with Crippen LogP contribution in [0.2, 0.25) is 0 Å². The van der Waals surface area contributed by atoms with Crippen molar-refractivity contribution < 1.29 is 13.3 Å². The Morgan fingerprint density at radius 1 is 0.210 bits per heavy atom. The van der Waals surface area contributed by atoms with Gasteiger partial charge in [-0.25, -0.2) is 0 Å². The quantitative estimate of drug-likeness (QED) is 0.162. The third-order valence-electron chi connectivity index (χ3n) is 23.7. The summed E-state index contributed by atoms with van der Waals surface area (Å²) in [5.41, 5.74) is 16.9. The molecule has 0 aliphatic rings. The average molecular weight is 1390 g/mol. The zero-order valence-corrected chi connectivity index (χ0v) is 57.9. The maximum absolute atomic E-state index is 7.31. The minimum atomic E-state index is 0.863. The SMILES string of the molecule is c1ccc2c(c1)cn1c2c2cc3c(cc2c2cc(-c4ccc5cn6c(c5c4)c4cc5sc7ccccc7c5cc4c4ccc5oc7ccccc7c5c46)c4oc5ccccc5c4c21)sc1cc(-c2cccc4c2cn2c5ccc6c7ccccc7oc6c5c5ccc6sc7ccccc7c6c5c42)ccc13. The molecule has 12 aromatic heterocycles. The summed E-state index contributed by atoms with van der Waals surface area (Å²) in [5, 5.41) is 32.4. The van der Waals surface area contributed by atoms with Crippen molar-refractivity contribution >= 4 is 274 Å². The molecule has 0 saturated carbocycles. The summed E-state index contributed by atoms with van der Waals surface area (Å²) in [4.78, 5) is 0. The molecule has 482 valence electrons. The number of benzene rings is 15. The lowest BCUT2D eigenvalue weighted by atomic mass is 9.93. The maximum Gasteiger partial charge on any atom is 0.145 e. The van der Waals surface area contributed by atoms with E-state index in [9.17, 15) is 0 Å². The van der Waals surface area contributed by atoms with Gasteiger partial charge in [-0.15, -0.1) is 34.0 Å². The fraction of sp³-hybridized carbons (Fsp3) is 0. The highest BCUT2D eigenvalue weighted by atomic mass is 32.1. The number of para-hydroxylation sites is 3. The standard InChI is InChI=1S/C96H47N3O3S3/c1-2-15-53-50(14-1)45-98-90(53)70-42-69-56-31-30-49(52-21-13-22-57-73(52)47-97-74-35-32-59-54-16-3-8-23-75(54)101-95(59)85(74)63-34-37-81-87(88(63)93(57)97)62-20-7-12-27-80(62)103-81)39-82(56)105-83(69)43-67(70)71-40-65(96-89(94(71)98)61-19-5-10-25-77(61)102-96)48-28-29-51-46-99-91(64(51)38-48)72-44-84-68(55-17-6-11-26-79(55)104-84)41-66(72)58-33-36-78-86(92(58)99)60-18-4-9-24-76(60)100-78/h1-47H. The molecule has 0 amide bonds. The fourth-order valence-corrected chi connectivity index (χ4v) is 22.7. The summed E-state index contributed by atoms with van der Waals surface area (Å²) in [5.74, 6) is 0. The first-order valence-electron chi connectivity index (χ1n) is 35.7. The van der Waals surface area contributed by atoms with E-state index in [1.165, 1.54) is 158 Å². The van der Waals surface area contributed by atoms with Crippen LogP contribution in [0.15, 0.2) is 299 Å². The highest BCUT2D eigenvalue weighted by Crippen LogP contribution is 2.53. The van der Waals surface area contributed by atoms with Crippen molar-refractivity contribution in [3.05, 3.63) is 286 Å². The molecule has 0 atom stereocenters. The Balaban J connectivity index is 0.709. The number of aromatic nitrogens is 3. The Bertz CT molecular complexity index is 8820. The molecule has 0 N–H and O–H groups in total. The molecule has 27 aromatic rings. The molecular weight excluding hydrogens is 1340 g/mol. The molecule has 0 unspecified atom stereocenters. The molecule has 0 aliphatic heterocycles. The normalized spacial score (nSPS) is 13.0. The van der Waals surface area contributed by atoms with Gasteiger partial charge >= 0.3 is 0 Å². The van der Waals surface area contributed by atoms with Gasteiger partial charge in [0.25, 0.3) is 0 Å². The highest BCUT2D eigenvalue weighted by Gasteiger charge is 2.28. The molecule has 6 nitrogen and oxygen atoms in total. The molecule has 12 heterocycles. The summed E-state index contributed by atoms with van der Waals surface area (Å²) in [6.07, 6.45) is 7.13. The van der Waals surface area contributed by atoms with Crippen molar-refractivity contribution in [2.75, 3.05) is 0 Å². The molecule has 0 bridgehead atoms. The number of rotatable bonds is 2. The van der Waals surface area contributed by atoms with Gasteiger partial charge in [0.15, 0.2) is 0 Å². The maximum atomic E-state index is 7.31. The van der Waals surface area contributed by atoms with Crippen molar-refractivity contribution in [1.29, 1.82) is 0 Å². The van der Waals surface area contributed by atoms with Crippen LogP contribution < -0.4 is 0 Å². The number of hydrogen-bond donors (Lipinski definition) is 0. The molecule has 0 aliphatic carbocycles. The van der Waals surface area contributed by atoms with Gasteiger partial charge in [0.2, 0.25) is 0 Å². The Hall–Kier alpha value is -13.0. The largest absolute Gasteiger partial charge is 0.456 e. The second-order valence-electron chi connectivity index (χ2n) is 28.8. The Kier molecular flexibility index (Phi) is 9.99. The third kappa shape index (κ3) is 6.86. The van der Waals surface area contributed by atoms with Crippen LogP contribution in [0.4, 0.5) is 0 Å². The molecule has 105 heavy (non-hydrogen) atoms. The van der Waals surface area contributed by atoms with E-state index in [4.69, 9.17) is 13.3 Å². The first kappa shape index (κ1) is 54.7. The molecule has 9 heteroatoms. The first-order chi connectivity index (χ1) is 52.0. The smallest absolute Gasteiger partial charge is 0.145 e. The predicted molar refractivity (Wildman–Crippen MR) is 448 cm³/mol. The van der Waals surface area contributed by atoms with E-state index in [1.54, 1.807) is 0 Å². The van der Waals surface area contributed by atoms with Crippen LogP contribution >= 0.6 is 34.0 Å². The van der Waals surface area contributed by atoms with Crippen LogP contribution in [0.25, 0.3) is 262 Å². The summed E-state index contributed by atoms with van der Waals surface area (Å²) in [6, 6.07) is 99.6. The fourth-order valence-electron chi connectivity index (χ4n) is 19.3. The van der Waals surface area contributed by atoms with Crippen LogP contribution in [-0.2, 0) is 0 Å². The van der Waals surface area contributed by atoms with Gasteiger partial charge in [-0.1, -0.05) is 164 Å². The van der Waals surface area contributed by atoms with Crippen molar-refractivity contribution in [3.63, 3.8) is 0 Å². The van der Waals surface area contributed by atoms with E-state index in [2.05, 4.69) is 299 Å². The Labute approximate surface area is 604 Å². The number of furan rings is 3. The van der Waals surface area contributed by atoms with E-state index in [1.807, 2.05) is 34.0 Å². The molecule has 0 saturated heterocycles. The second-order valence-corrected chi connectivity index (χ2v) is 32.1. The monoisotopic (exact) mass is 1390 g/mol. The average Bonchev–Trinajstić information content (AvgIpc) is 1.57. The summed E-state index contributed by atoms with van der Waals surface area (Å²) in [6.45, 7) is 0. The number of hydrogen-bond acceptors (Lipinski definition) is 6. The van der Waals surface area contributed by atoms with Gasteiger partial charge in [-0.05, 0) is 136 Å². The lowest BCUT2D eigenvalue weighted by Gasteiger charge is -2.14. The van der Waals surface area contributed by atoms with Gasteiger partial charge in [-0.2, -0.15) is 0 Å². The third-order valence-corrected chi connectivity index (χ3v) is 27.1. The van der Waals surface area contributed by atoms with Gasteiger partial charge in [-0.3, -0.25) is 0 Å². The molecule has 15 aromatic carbocycles. The molecule has 0 radical (unpaired) electrons. The lowest BCUT2D eigenvalue weighted by Crippen LogP contribution is -1.93. The number of thiophene rings is 3. The zero-order chi connectivity index (χ0) is 67.5. The van der Waals surface area contributed by atoms with Crippen molar-refractivity contribution in [3.8, 4) is 22.3 Å². The number of fused-ring (bicyclic) bond motifs is 46. The molecule has 0 spiro atoms. The first-order valence-corrected chi connectivity index (χ1v) is 38.2. The second kappa shape index (κ2) is 19.2. The Morgan fingerprint density at radius 3 is 1.60 bits per heavy atom. The van der Waals surface area contributed by atoms with Gasteiger partial charge < -0.3 is 26.5 Å². The van der Waals surface area contributed by atoms with E-state index < -0.39 is 0 Å². The van der Waals surface area contributed by atoms with E-state index in [0.29, 0.717) is 0 Å². The van der Waals surface area contributed by atoms with Gasteiger partial charge in [0, 0.05) is 171 Å². The lowest BCUT2D eigenvalue weighted by molar-refractivity contribution is 0.669. The topological polar surface area (TPSA) is 52.7 Å². The van der Waals surface area contributed by atoms with E-state index in [0.717, 1.165) is 104 Å². The minimum absolute atomic E-state index is 0.863. The number of pyridine rings is 3. The van der Waals surface area contributed by atoms with Crippen LogP contribution in [-0.4, -0.2) is 13.2 Å².